The molecular weight excluding hydrogens is 406 g/mol. The average molecular weight is 425 g/mol. The second-order valence-corrected chi connectivity index (χ2v) is 7.57. The van der Waals surface area contributed by atoms with Crippen LogP contribution in [-0.2, 0) is 6.54 Å². The molecule has 1 aliphatic heterocycles. The van der Waals surface area contributed by atoms with Gasteiger partial charge in [0, 0.05) is 47.9 Å². The summed E-state index contributed by atoms with van der Waals surface area (Å²) in [5.74, 6) is 0. The fraction of sp³-hybridized carbons (Fsp3) is 0.278. The SMILES string of the molecule is S=C(Nc1ccc(Br)cc1)N1CCN(Cc2ccc(Cl)cc2)CC1. The van der Waals surface area contributed by atoms with Gasteiger partial charge in [0.2, 0.25) is 0 Å². The summed E-state index contributed by atoms with van der Waals surface area (Å²) in [5.41, 5.74) is 2.32. The van der Waals surface area contributed by atoms with E-state index in [2.05, 4.69) is 43.2 Å². The summed E-state index contributed by atoms with van der Waals surface area (Å²) >= 11 is 14.9. The highest BCUT2D eigenvalue weighted by molar-refractivity contribution is 9.10. The van der Waals surface area contributed by atoms with Crippen LogP contribution in [0.4, 0.5) is 5.69 Å². The number of benzene rings is 2. The maximum atomic E-state index is 5.94. The second kappa shape index (κ2) is 8.30. The number of rotatable bonds is 3. The summed E-state index contributed by atoms with van der Waals surface area (Å²) in [6, 6.07) is 16.1. The zero-order chi connectivity index (χ0) is 16.9. The van der Waals surface area contributed by atoms with Crippen LogP contribution in [0, 0.1) is 0 Å². The van der Waals surface area contributed by atoms with Crippen LogP contribution in [0.15, 0.2) is 53.0 Å². The van der Waals surface area contributed by atoms with E-state index in [-0.39, 0.29) is 0 Å². The molecule has 24 heavy (non-hydrogen) atoms. The molecule has 1 saturated heterocycles. The van der Waals surface area contributed by atoms with Crippen molar-refractivity contribution in [3.8, 4) is 0 Å². The Morgan fingerprint density at radius 2 is 1.62 bits per heavy atom. The monoisotopic (exact) mass is 423 g/mol. The molecule has 0 unspecified atom stereocenters. The molecular formula is C18H19BrClN3S. The Kier molecular flexibility index (Phi) is 6.11. The van der Waals surface area contributed by atoms with Crippen LogP contribution in [-0.4, -0.2) is 41.1 Å². The van der Waals surface area contributed by atoms with Gasteiger partial charge in [-0.1, -0.05) is 39.7 Å². The number of piperazine rings is 1. The highest BCUT2D eigenvalue weighted by atomic mass is 79.9. The summed E-state index contributed by atoms with van der Waals surface area (Å²) in [6.07, 6.45) is 0. The first kappa shape index (κ1) is 17.7. The fourth-order valence-electron chi connectivity index (χ4n) is 2.69. The van der Waals surface area contributed by atoms with Crippen LogP contribution in [0.5, 0.6) is 0 Å². The van der Waals surface area contributed by atoms with Crippen LogP contribution in [0.2, 0.25) is 5.02 Å². The Labute approximate surface area is 161 Å². The standard InChI is InChI=1S/C18H19BrClN3S/c19-15-3-7-17(8-4-15)21-18(24)23-11-9-22(10-12-23)13-14-1-5-16(20)6-2-14/h1-8H,9-13H2,(H,21,24). The molecule has 2 aromatic carbocycles. The molecule has 1 aliphatic rings. The predicted molar refractivity (Wildman–Crippen MR) is 109 cm³/mol. The number of thiocarbonyl (C=S) groups is 1. The molecule has 3 nitrogen and oxygen atoms in total. The van der Waals surface area contributed by atoms with Gasteiger partial charge in [0.15, 0.2) is 5.11 Å². The molecule has 1 N–H and O–H groups in total. The minimum absolute atomic E-state index is 0.785. The van der Waals surface area contributed by atoms with Crippen molar-refractivity contribution in [1.82, 2.24) is 9.80 Å². The molecule has 0 aromatic heterocycles. The highest BCUT2D eigenvalue weighted by Crippen LogP contribution is 2.16. The second-order valence-electron chi connectivity index (χ2n) is 5.83. The van der Waals surface area contributed by atoms with E-state index in [0.29, 0.717) is 0 Å². The summed E-state index contributed by atoms with van der Waals surface area (Å²) in [4.78, 5) is 4.68. The summed E-state index contributed by atoms with van der Waals surface area (Å²) < 4.78 is 1.06. The van der Waals surface area contributed by atoms with Crippen molar-refractivity contribution in [1.29, 1.82) is 0 Å². The first-order valence-electron chi connectivity index (χ1n) is 7.88. The minimum Gasteiger partial charge on any atom is -0.346 e. The van der Waals surface area contributed by atoms with Gasteiger partial charge in [0.1, 0.15) is 0 Å². The van der Waals surface area contributed by atoms with Crippen molar-refractivity contribution in [2.75, 3.05) is 31.5 Å². The number of nitrogens with one attached hydrogen (secondary N) is 1. The van der Waals surface area contributed by atoms with Crippen molar-refractivity contribution in [3.63, 3.8) is 0 Å². The largest absolute Gasteiger partial charge is 0.346 e. The summed E-state index contributed by atoms with van der Waals surface area (Å²) in [5, 5.41) is 4.89. The van der Waals surface area contributed by atoms with E-state index in [1.54, 1.807) is 0 Å². The molecule has 3 rings (SSSR count). The van der Waals surface area contributed by atoms with E-state index in [0.717, 1.165) is 53.0 Å². The van der Waals surface area contributed by atoms with Gasteiger partial charge < -0.3 is 10.2 Å². The number of hydrogen-bond acceptors (Lipinski definition) is 2. The van der Waals surface area contributed by atoms with Crippen LogP contribution in [0.3, 0.4) is 0 Å². The maximum Gasteiger partial charge on any atom is 0.173 e. The van der Waals surface area contributed by atoms with Gasteiger partial charge in [0.25, 0.3) is 0 Å². The number of anilines is 1. The first-order chi connectivity index (χ1) is 11.6. The van der Waals surface area contributed by atoms with Crippen LogP contribution < -0.4 is 5.32 Å². The zero-order valence-corrected chi connectivity index (χ0v) is 16.4. The van der Waals surface area contributed by atoms with Gasteiger partial charge in [-0.05, 0) is 54.2 Å². The van der Waals surface area contributed by atoms with Gasteiger partial charge in [-0.15, -0.1) is 0 Å². The quantitative estimate of drug-likeness (QED) is 0.725. The lowest BCUT2D eigenvalue weighted by molar-refractivity contribution is 0.177. The van der Waals surface area contributed by atoms with E-state index in [1.165, 1.54) is 5.56 Å². The molecule has 0 saturated carbocycles. The van der Waals surface area contributed by atoms with E-state index in [4.69, 9.17) is 23.8 Å². The third kappa shape index (κ3) is 4.93. The summed E-state index contributed by atoms with van der Waals surface area (Å²) in [7, 11) is 0. The van der Waals surface area contributed by atoms with Gasteiger partial charge in [-0.25, -0.2) is 0 Å². The topological polar surface area (TPSA) is 18.5 Å². The molecule has 0 aliphatic carbocycles. The Balaban J connectivity index is 1.48. The maximum absolute atomic E-state index is 5.94. The molecule has 1 fully saturated rings. The number of nitrogens with zero attached hydrogens (tertiary/aromatic N) is 2. The Morgan fingerprint density at radius 1 is 1.00 bits per heavy atom. The van der Waals surface area contributed by atoms with Crippen LogP contribution >= 0.6 is 39.7 Å². The Bertz CT molecular complexity index is 682. The average Bonchev–Trinajstić information content (AvgIpc) is 2.59. The lowest BCUT2D eigenvalue weighted by Gasteiger charge is -2.36. The summed E-state index contributed by atoms with van der Waals surface area (Å²) in [6.45, 7) is 4.85. The van der Waals surface area contributed by atoms with E-state index in [1.807, 2.05) is 36.4 Å². The Hall–Kier alpha value is -1.14. The number of hydrogen-bond donors (Lipinski definition) is 1. The number of halogens is 2. The van der Waals surface area contributed by atoms with Crippen molar-refractivity contribution in [2.24, 2.45) is 0 Å². The normalized spacial score (nSPS) is 15.3. The van der Waals surface area contributed by atoms with Crippen molar-refractivity contribution in [3.05, 3.63) is 63.6 Å². The molecule has 126 valence electrons. The van der Waals surface area contributed by atoms with Gasteiger partial charge in [0.05, 0.1) is 0 Å². The molecule has 2 aromatic rings. The molecule has 0 bridgehead atoms. The van der Waals surface area contributed by atoms with Crippen molar-refractivity contribution in [2.45, 2.75) is 6.54 Å². The van der Waals surface area contributed by atoms with Gasteiger partial charge in [-0.3, -0.25) is 4.90 Å². The van der Waals surface area contributed by atoms with Gasteiger partial charge >= 0.3 is 0 Å². The zero-order valence-electron chi connectivity index (χ0n) is 13.2. The molecule has 0 radical (unpaired) electrons. The lowest BCUT2D eigenvalue weighted by atomic mass is 10.2. The van der Waals surface area contributed by atoms with Crippen molar-refractivity contribution >= 4 is 50.5 Å². The van der Waals surface area contributed by atoms with E-state index >= 15 is 0 Å². The van der Waals surface area contributed by atoms with E-state index < -0.39 is 0 Å². The van der Waals surface area contributed by atoms with Crippen molar-refractivity contribution < 1.29 is 0 Å². The third-order valence-electron chi connectivity index (χ3n) is 4.07. The third-order valence-corrected chi connectivity index (χ3v) is 5.22. The highest BCUT2D eigenvalue weighted by Gasteiger charge is 2.19. The molecule has 0 spiro atoms. The first-order valence-corrected chi connectivity index (χ1v) is 9.46. The predicted octanol–water partition coefficient (Wildman–Crippen LogP) is 4.62. The molecule has 0 amide bonds. The molecule has 6 heteroatoms. The lowest BCUT2D eigenvalue weighted by Crippen LogP contribution is -2.49. The fourth-order valence-corrected chi connectivity index (χ4v) is 3.38. The van der Waals surface area contributed by atoms with Gasteiger partial charge in [-0.2, -0.15) is 0 Å². The smallest absolute Gasteiger partial charge is 0.173 e. The van der Waals surface area contributed by atoms with E-state index in [9.17, 15) is 0 Å². The Morgan fingerprint density at radius 3 is 2.25 bits per heavy atom. The molecule has 0 atom stereocenters. The molecule has 1 heterocycles. The van der Waals surface area contributed by atoms with Crippen LogP contribution in [0.25, 0.3) is 0 Å². The van der Waals surface area contributed by atoms with Crippen LogP contribution in [0.1, 0.15) is 5.56 Å². The minimum atomic E-state index is 0.785.